The number of rotatable bonds is 0. The summed E-state index contributed by atoms with van der Waals surface area (Å²) >= 11 is 0. The van der Waals surface area contributed by atoms with E-state index < -0.39 is 0 Å². The third-order valence-corrected chi connectivity index (χ3v) is 13.6. The number of benzene rings is 1. The fourth-order valence-electron chi connectivity index (χ4n) is 10.1. The van der Waals surface area contributed by atoms with Gasteiger partial charge < -0.3 is 59.8 Å². The molecular weight excluding hydrogens is 1130 g/mol. The monoisotopic (exact) mass is 1160 g/mol. The molecule has 82 heavy (non-hydrogen) atoms. The van der Waals surface area contributed by atoms with Gasteiger partial charge in [0.05, 0.1) is 51.2 Å². The number of fused-ring (bicyclic) bond motifs is 40. The zero-order chi connectivity index (χ0) is 52.4. The topological polar surface area (TPSA) is 301 Å². The van der Waals surface area contributed by atoms with Crippen molar-refractivity contribution in [1.82, 2.24) is 115 Å². The zero-order valence-corrected chi connectivity index (χ0v) is 43.2. The fraction of sp³-hybridized carbons (Fsp3) is 0. The van der Waals surface area contributed by atoms with E-state index in [-0.39, 0.29) is 34.1 Å². The van der Waals surface area contributed by atoms with Crippen LogP contribution in [0.25, 0.3) is 180 Å². The Morgan fingerprint density at radius 3 is 0.756 bits per heavy atom. The van der Waals surface area contributed by atoms with Gasteiger partial charge in [-0.3, -0.25) is 34.9 Å². The van der Waals surface area contributed by atoms with E-state index in [1.54, 1.807) is 43.4 Å². The predicted molar refractivity (Wildman–Crippen MR) is 293 cm³/mol. The largest absolute Gasteiger partial charge is 0.356 e. The summed E-state index contributed by atoms with van der Waals surface area (Å²) < 4.78 is 0. The van der Waals surface area contributed by atoms with Crippen LogP contribution in [0.1, 0.15) is 0 Å². The van der Waals surface area contributed by atoms with E-state index in [4.69, 9.17) is 79.7 Å². The Hall–Kier alpha value is -11.0. The smallest absolute Gasteiger partial charge is 0.111 e. The molecule has 394 valence electrons. The van der Waals surface area contributed by atoms with Crippen LogP contribution in [0.4, 0.5) is 0 Å². The molecule has 25 heteroatoms. The summed E-state index contributed by atoms with van der Waals surface area (Å²) in [6.07, 6.45) is 11.9. The van der Waals surface area contributed by atoms with Crippen molar-refractivity contribution in [3.63, 3.8) is 0 Å². The van der Waals surface area contributed by atoms with Crippen LogP contribution in [0, 0.1) is 0 Å². The maximum atomic E-state index is 4.88. The minimum atomic E-state index is 0. The van der Waals surface area contributed by atoms with Crippen LogP contribution in [0.15, 0.2) is 153 Å². The van der Waals surface area contributed by atoms with Gasteiger partial charge in [0.2, 0.25) is 0 Å². The van der Waals surface area contributed by atoms with Crippen molar-refractivity contribution in [2.45, 2.75) is 0 Å². The molecule has 0 N–H and O–H groups in total. The molecule has 0 atom stereocenters. The summed E-state index contributed by atoms with van der Waals surface area (Å²) in [5.41, 5.74) is 11.4. The SMILES string of the molecule is [Cu].[Cu].c1ccc2c(c1)-c1nc-2nc2[n-]c(nc3nc(nc4[n-]c(n1)c1cccnc41)-c1cccnc1-3)c1cccnc21.c1cnc2c(c1)-c1nc-2nc2[n-]c(nc3nc(nc4[n-]c(n1)c1ncccc41)-c1ncccc1-3)c1ncccc21. The Morgan fingerprint density at radius 1 is 0.207 bits per heavy atom. The minimum absolute atomic E-state index is 0. The molecule has 0 spiro atoms. The standard InChI is InChI=1S/C29H13N11.C28H12N12.2Cu/c1-2-7-15-14(6-1)22-33-23(15)35-27-20-17(9-4-12-31-20)25(37-27)39-29-21-18(10-5-13-32-21)26(40-29)38-28-19-16(8-3-11-30-19)24(34-22)36-28;1-5-13-17(29-9-1)25-33-21(13)37-26-18-14(6-2-10-30-18)23(34-26)39-28-20-16(8-4-12-32-20)24(36-28)40-27-19-15(7-3-11-31-19)22(35-27)38-25;;/h1-13H;1-12H;;/q2*-2;;. The van der Waals surface area contributed by atoms with E-state index in [0.717, 1.165) is 49.4 Å². The summed E-state index contributed by atoms with van der Waals surface area (Å²) in [6, 6.07) is 34.0. The molecule has 1 aromatic carbocycles. The molecule has 23 nitrogen and oxygen atoms in total. The van der Waals surface area contributed by atoms with Crippen molar-refractivity contribution in [3.8, 4) is 91.5 Å². The Bertz CT molecular complexity index is 4410. The Balaban J connectivity index is 0.000000137. The molecule has 2 radical (unpaired) electrons. The van der Waals surface area contributed by atoms with Gasteiger partial charge in [-0.15, -0.1) is 0 Å². The molecule has 13 aromatic heterocycles. The molecule has 0 saturated carbocycles. The van der Waals surface area contributed by atoms with Crippen LogP contribution in [-0.4, -0.2) is 94.7 Å². The summed E-state index contributed by atoms with van der Waals surface area (Å²) in [6.45, 7) is 0. The summed E-state index contributed by atoms with van der Waals surface area (Å²) in [7, 11) is 0. The van der Waals surface area contributed by atoms with Gasteiger partial charge in [0.25, 0.3) is 0 Å². The number of aromatic nitrogens is 23. The normalized spacial score (nSPS) is 11.7. The zero-order valence-electron chi connectivity index (χ0n) is 41.3. The first kappa shape index (κ1) is 48.2. The quantitative estimate of drug-likeness (QED) is 0.130. The molecule has 0 fully saturated rings. The van der Waals surface area contributed by atoms with E-state index in [1.165, 1.54) is 0 Å². The van der Waals surface area contributed by atoms with Gasteiger partial charge in [-0.25, -0.2) is 19.9 Å². The third kappa shape index (κ3) is 7.60. The van der Waals surface area contributed by atoms with Crippen molar-refractivity contribution < 1.29 is 34.1 Å². The molecule has 0 saturated heterocycles. The van der Waals surface area contributed by atoms with Crippen molar-refractivity contribution in [1.29, 1.82) is 0 Å². The van der Waals surface area contributed by atoms with Gasteiger partial charge in [0.15, 0.2) is 0 Å². The van der Waals surface area contributed by atoms with E-state index in [1.807, 2.05) is 109 Å². The molecule has 4 aliphatic heterocycles. The fourth-order valence-corrected chi connectivity index (χ4v) is 10.1. The Morgan fingerprint density at radius 2 is 0.439 bits per heavy atom. The van der Waals surface area contributed by atoms with Crippen molar-refractivity contribution in [3.05, 3.63) is 153 Å². The average Bonchev–Trinajstić information content (AvgIpc) is 4.59. The van der Waals surface area contributed by atoms with Gasteiger partial charge in [0, 0.05) is 172 Å². The van der Waals surface area contributed by atoms with Gasteiger partial charge >= 0.3 is 0 Å². The van der Waals surface area contributed by atoms with Gasteiger partial charge in [-0.05, 0) is 60.7 Å². The Kier molecular flexibility index (Phi) is 11.1. The minimum Gasteiger partial charge on any atom is -0.356 e. The van der Waals surface area contributed by atoms with Crippen LogP contribution in [-0.2, 0) is 34.1 Å². The molecule has 0 unspecified atom stereocenters. The van der Waals surface area contributed by atoms with E-state index in [9.17, 15) is 0 Å². The first-order valence-electron chi connectivity index (χ1n) is 24.8. The van der Waals surface area contributed by atoms with Gasteiger partial charge in [0.1, 0.15) is 34.6 Å². The molecule has 18 rings (SSSR count). The van der Waals surface area contributed by atoms with Crippen molar-refractivity contribution in [2.75, 3.05) is 0 Å². The number of hydrogen-bond acceptors (Lipinski definition) is 19. The second-order valence-corrected chi connectivity index (χ2v) is 18.3. The summed E-state index contributed by atoms with van der Waals surface area (Å²) in [5, 5.41) is 2.96. The third-order valence-electron chi connectivity index (χ3n) is 13.6. The molecular formula is C57H25Cu2N23-4. The maximum absolute atomic E-state index is 4.88. The molecule has 16 bridgehead atoms. The Labute approximate surface area is 479 Å². The molecule has 0 aliphatic carbocycles. The summed E-state index contributed by atoms with van der Waals surface area (Å²) in [5.74, 6) is 3.41. The van der Waals surface area contributed by atoms with Crippen LogP contribution in [0.3, 0.4) is 0 Å². The first-order chi connectivity index (χ1) is 39.6. The molecule has 17 heterocycles. The number of nitrogens with zero attached hydrogens (tertiary/aromatic N) is 23. The van der Waals surface area contributed by atoms with Crippen LogP contribution >= 0.6 is 0 Å². The van der Waals surface area contributed by atoms with Crippen LogP contribution in [0.5, 0.6) is 0 Å². The number of pyridine rings is 7. The average molecular weight is 1160 g/mol. The van der Waals surface area contributed by atoms with E-state index in [2.05, 4.69) is 34.9 Å². The first-order valence-corrected chi connectivity index (χ1v) is 24.8. The molecule has 4 aliphatic rings. The van der Waals surface area contributed by atoms with Crippen LogP contribution < -0.4 is 19.9 Å². The predicted octanol–water partition coefficient (Wildman–Crippen LogP) is 8.01. The van der Waals surface area contributed by atoms with E-state index in [0.29, 0.717) is 131 Å². The van der Waals surface area contributed by atoms with E-state index >= 15 is 0 Å². The van der Waals surface area contributed by atoms with Crippen molar-refractivity contribution >= 4 is 88.8 Å². The second-order valence-electron chi connectivity index (χ2n) is 18.3. The number of hydrogen-bond donors (Lipinski definition) is 0. The molecule has 0 amide bonds. The maximum Gasteiger partial charge on any atom is 0.111 e. The molecule has 14 aromatic rings. The van der Waals surface area contributed by atoms with Crippen molar-refractivity contribution in [2.24, 2.45) is 0 Å². The summed E-state index contributed by atoms with van der Waals surface area (Å²) in [4.78, 5) is 109. The van der Waals surface area contributed by atoms with Crippen LogP contribution in [0.2, 0.25) is 0 Å². The second kappa shape index (κ2) is 18.9. The van der Waals surface area contributed by atoms with Gasteiger partial charge in [-0.2, -0.15) is 0 Å². The van der Waals surface area contributed by atoms with Gasteiger partial charge in [-0.1, -0.05) is 48.5 Å².